The van der Waals surface area contributed by atoms with Crippen molar-refractivity contribution in [3.63, 3.8) is 0 Å². The number of hydrogen-bond donors (Lipinski definition) is 1. The van der Waals surface area contributed by atoms with Gasteiger partial charge in [0.15, 0.2) is 16.6 Å². The first-order chi connectivity index (χ1) is 13.5. The van der Waals surface area contributed by atoms with Gasteiger partial charge in [-0.15, -0.1) is 11.3 Å². The fourth-order valence-electron chi connectivity index (χ4n) is 2.67. The quantitative estimate of drug-likeness (QED) is 0.643. The van der Waals surface area contributed by atoms with Gasteiger partial charge in [0.1, 0.15) is 11.6 Å². The summed E-state index contributed by atoms with van der Waals surface area (Å²) in [4.78, 5) is 16.7. The summed E-state index contributed by atoms with van der Waals surface area (Å²) in [6, 6.07) is 9.51. The fraction of sp³-hybridized carbons (Fsp3) is 0.200. The minimum Gasteiger partial charge on any atom is -0.496 e. The Morgan fingerprint density at radius 3 is 2.46 bits per heavy atom. The van der Waals surface area contributed by atoms with Gasteiger partial charge in [0, 0.05) is 10.9 Å². The van der Waals surface area contributed by atoms with Crippen molar-refractivity contribution in [3.05, 3.63) is 53.2 Å². The monoisotopic (exact) mass is 402 g/mol. The Kier molecular flexibility index (Phi) is 6.10. The lowest BCUT2D eigenvalue weighted by Crippen LogP contribution is -2.14. The minimum absolute atomic E-state index is 0.151. The fourth-order valence-corrected chi connectivity index (χ4v) is 3.40. The van der Waals surface area contributed by atoms with Crippen molar-refractivity contribution < 1.29 is 23.4 Å². The van der Waals surface area contributed by atoms with Crippen LogP contribution in [0, 0.1) is 5.82 Å². The molecule has 28 heavy (non-hydrogen) atoms. The topological polar surface area (TPSA) is 69.7 Å². The van der Waals surface area contributed by atoms with Gasteiger partial charge >= 0.3 is 0 Å². The summed E-state index contributed by atoms with van der Waals surface area (Å²) in [5, 5.41) is 4.92. The van der Waals surface area contributed by atoms with Gasteiger partial charge in [-0.3, -0.25) is 4.79 Å². The molecule has 0 radical (unpaired) electrons. The van der Waals surface area contributed by atoms with Crippen LogP contribution in [0.5, 0.6) is 17.2 Å². The van der Waals surface area contributed by atoms with E-state index < -0.39 is 0 Å². The molecule has 0 unspecified atom stereocenters. The predicted octanol–water partition coefficient (Wildman–Crippen LogP) is 4.16. The average Bonchev–Trinajstić information content (AvgIpc) is 3.15. The van der Waals surface area contributed by atoms with E-state index in [9.17, 15) is 9.18 Å². The molecule has 1 amide bonds. The molecule has 8 heteroatoms. The number of rotatable bonds is 7. The lowest BCUT2D eigenvalue weighted by Gasteiger charge is -2.09. The van der Waals surface area contributed by atoms with Gasteiger partial charge in [0.2, 0.25) is 5.91 Å². The third kappa shape index (κ3) is 4.40. The number of nitrogens with one attached hydrogen (secondary N) is 1. The lowest BCUT2D eigenvalue weighted by molar-refractivity contribution is -0.115. The molecule has 0 aliphatic heterocycles. The molecule has 0 saturated heterocycles. The van der Waals surface area contributed by atoms with E-state index in [2.05, 4.69) is 10.3 Å². The Morgan fingerprint density at radius 1 is 1.04 bits per heavy atom. The average molecular weight is 402 g/mol. The van der Waals surface area contributed by atoms with E-state index in [1.165, 1.54) is 30.6 Å². The van der Waals surface area contributed by atoms with Crippen LogP contribution in [0.2, 0.25) is 0 Å². The van der Waals surface area contributed by atoms with Gasteiger partial charge < -0.3 is 19.5 Å². The van der Waals surface area contributed by atoms with Gasteiger partial charge in [-0.25, -0.2) is 9.37 Å². The SMILES string of the molecule is COc1ccc(CC(=O)Nc2nc(-c3cc(F)ccc3OC)cs2)cc1OC. The maximum atomic E-state index is 13.6. The van der Waals surface area contributed by atoms with Crippen molar-refractivity contribution in [2.45, 2.75) is 6.42 Å². The van der Waals surface area contributed by atoms with Crippen LogP contribution < -0.4 is 19.5 Å². The van der Waals surface area contributed by atoms with E-state index >= 15 is 0 Å². The third-order valence-corrected chi connectivity index (χ3v) is 4.76. The van der Waals surface area contributed by atoms with Crippen LogP contribution in [0.4, 0.5) is 9.52 Å². The van der Waals surface area contributed by atoms with E-state index in [0.29, 0.717) is 33.6 Å². The normalized spacial score (nSPS) is 10.4. The Labute approximate surface area is 165 Å². The number of halogens is 1. The maximum absolute atomic E-state index is 13.6. The van der Waals surface area contributed by atoms with Gasteiger partial charge in [0.25, 0.3) is 0 Å². The van der Waals surface area contributed by atoms with Crippen molar-refractivity contribution in [3.8, 4) is 28.5 Å². The molecular formula is C20H19FN2O4S. The van der Waals surface area contributed by atoms with Crippen LogP contribution in [-0.4, -0.2) is 32.2 Å². The van der Waals surface area contributed by atoms with Crippen LogP contribution in [0.25, 0.3) is 11.3 Å². The second kappa shape index (κ2) is 8.71. The van der Waals surface area contributed by atoms with Crippen molar-refractivity contribution >= 4 is 22.4 Å². The summed E-state index contributed by atoms with van der Waals surface area (Å²) in [5.74, 6) is 1.06. The molecule has 0 atom stereocenters. The second-order valence-electron chi connectivity index (χ2n) is 5.80. The highest BCUT2D eigenvalue weighted by molar-refractivity contribution is 7.14. The molecule has 0 fully saturated rings. The van der Waals surface area contributed by atoms with Crippen LogP contribution in [0.3, 0.4) is 0 Å². The highest BCUT2D eigenvalue weighted by Crippen LogP contribution is 2.33. The van der Waals surface area contributed by atoms with E-state index in [1.54, 1.807) is 43.9 Å². The lowest BCUT2D eigenvalue weighted by atomic mass is 10.1. The Bertz CT molecular complexity index is 990. The highest BCUT2D eigenvalue weighted by Gasteiger charge is 2.14. The highest BCUT2D eigenvalue weighted by atomic mass is 32.1. The van der Waals surface area contributed by atoms with Gasteiger partial charge in [-0.1, -0.05) is 6.07 Å². The Hall–Kier alpha value is -3.13. The summed E-state index contributed by atoms with van der Waals surface area (Å²) >= 11 is 1.26. The molecular weight excluding hydrogens is 383 g/mol. The predicted molar refractivity (Wildman–Crippen MR) is 106 cm³/mol. The number of aromatic nitrogens is 1. The molecule has 0 spiro atoms. The first-order valence-electron chi connectivity index (χ1n) is 8.34. The van der Waals surface area contributed by atoms with E-state index in [0.717, 1.165) is 5.56 Å². The number of methoxy groups -OCH3 is 3. The smallest absolute Gasteiger partial charge is 0.230 e. The van der Waals surface area contributed by atoms with Crippen molar-refractivity contribution in [1.29, 1.82) is 0 Å². The molecule has 2 aromatic carbocycles. The van der Waals surface area contributed by atoms with Gasteiger partial charge in [-0.2, -0.15) is 0 Å². The molecule has 0 aliphatic carbocycles. The zero-order valence-electron chi connectivity index (χ0n) is 15.6. The van der Waals surface area contributed by atoms with E-state index in [-0.39, 0.29) is 18.1 Å². The number of nitrogens with zero attached hydrogens (tertiary/aromatic N) is 1. The maximum Gasteiger partial charge on any atom is 0.230 e. The van der Waals surface area contributed by atoms with Crippen molar-refractivity contribution in [2.24, 2.45) is 0 Å². The van der Waals surface area contributed by atoms with E-state index in [1.807, 2.05) is 0 Å². The summed E-state index contributed by atoms with van der Waals surface area (Å²) in [6.07, 6.45) is 0.151. The van der Waals surface area contributed by atoms with Crippen molar-refractivity contribution in [2.75, 3.05) is 26.6 Å². The Morgan fingerprint density at radius 2 is 1.75 bits per heavy atom. The third-order valence-electron chi connectivity index (χ3n) is 4.00. The second-order valence-corrected chi connectivity index (χ2v) is 6.65. The van der Waals surface area contributed by atoms with Crippen LogP contribution in [0.1, 0.15) is 5.56 Å². The zero-order valence-corrected chi connectivity index (χ0v) is 16.4. The number of hydrogen-bond acceptors (Lipinski definition) is 6. The van der Waals surface area contributed by atoms with Crippen LogP contribution in [0.15, 0.2) is 41.8 Å². The standard InChI is InChI=1S/C20H19FN2O4S/c1-25-16-7-5-13(21)10-14(16)15-11-28-20(22-15)23-19(24)9-12-4-6-17(26-2)18(8-12)27-3/h4-8,10-11H,9H2,1-3H3,(H,22,23,24). The molecule has 146 valence electrons. The molecule has 3 aromatic rings. The summed E-state index contributed by atoms with van der Waals surface area (Å²) < 4.78 is 29.3. The van der Waals surface area contributed by atoms with Gasteiger partial charge in [-0.05, 0) is 35.9 Å². The summed E-state index contributed by atoms with van der Waals surface area (Å²) in [6.45, 7) is 0. The number of carbonyl (C=O) groups excluding carboxylic acids is 1. The molecule has 0 aliphatic rings. The number of amides is 1. The summed E-state index contributed by atoms with van der Waals surface area (Å²) in [5.41, 5.74) is 1.83. The molecule has 0 saturated carbocycles. The number of thiazole rings is 1. The number of benzene rings is 2. The molecule has 3 rings (SSSR count). The molecule has 6 nitrogen and oxygen atoms in total. The van der Waals surface area contributed by atoms with Gasteiger partial charge in [0.05, 0.1) is 33.4 Å². The number of carbonyl (C=O) groups is 1. The summed E-state index contributed by atoms with van der Waals surface area (Å²) in [7, 11) is 4.60. The zero-order chi connectivity index (χ0) is 20.1. The van der Waals surface area contributed by atoms with E-state index in [4.69, 9.17) is 14.2 Å². The Balaban J connectivity index is 1.72. The first-order valence-corrected chi connectivity index (χ1v) is 9.22. The number of ether oxygens (including phenoxy) is 3. The molecule has 1 heterocycles. The van der Waals surface area contributed by atoms with Crippen molar-refractivity contribution in [1.82, 2.24) is 4.98 Å². The number of anilines is 1. The van der Waals surface area contributed by atoms with Crippen LogP contribution >= 0.6 is 11.3 Å². The largest absolute Gasteiger partial charge is 0.496 e. The molecule has 1 aromatic heterocycles. The first kappa shape index (κ1) is 19.6. The van der Waals surface area contributed by atoms with Crippen LogP contribution in [-0.2, 0) is 11.2 Å². The molecule has 0 bridgehead atoms. The molecule has 1 N–H and O–H groups in total. The minimum atomic E-state index is -0.386.